The lowest BCUT2D eigenvalue weighted by molar-refractivity contribution is 0.0664. The number of rotatable bonds is 2. The minimum absolute atomic E-state index is 0.107. The Kier molecular flexibility index (Phi) is 3.74. The predicted molar refractivity (Wildman–Crippen MR) is 91.8 cm³/mol. The van der Waals surface area contributed by atoms with E-state index in [0.29, 0.717) is 0 Å². The van der Waals surface area contributed by atoms with Gasteiger partial charge in [-0.25, -0.2) is 0 Å². The number of hydrogen-bond donors (Lipinski definition) is 0. The van der Waals surface area contributed by atoms with E-state index in [9.17, 15) is 4.79 Å². The minimum Gasteiger partial charge on any atom is -0.336 e. The fraction of sp³-hybridized carbons (Fsp3) is 0.278. The first kappa shape index (κ1) is 14.8. The van der Waals surface area contributed by atoms with Crippen LogP contribution in [0.15, 0.2) is 48.9 Å². The molecular weight excluding hydrogens is 302 g/mol. The van der Waals surface area contributed by atoms with Crippen molar-refractivity contribution in [3.63, 3.8) is 0 Å². The van der Waals surface area contributed by atoms with Crippen LogP contribution < -0.4 is 0 Å². The third kappa shape index (κ3) is 2.76. The zero-order chi connectivity index (χ0) is 16.5. The highest BCUT2D eigenvalue weighted by molar-refractivity contribution is 5.95. The van der Waals surface area contributed by atoms with E-state index in [1.54, 1.807) is 6.33 Å². The number of likely N-dealkylation sites (N-methyl/N-ethyl adjacent to an activating group) is 1. The van der Waals surface area contributed by atoms with Crippen LogP contribution in [0.4, 0.5) is 0 Å². The number of benzene rings is 1. The summed E-state index contributed by atoms with van der Waals surface area (Å²) in [5.74, 6) is 0.107. The molecule has 0 unspecified atom stereocenters. The van der Waals surface area contributed by atoms with Gasteiger partial charge in [0.15, 0.2) is 5.65 Å². The number of nitrogens with zero attached hydrogens (tertiary/aromatic N) is 5. The third-order valence-corrected chi connectivity index (χ3v) is 4.52. The van der Waals surface area contributed by atoms with Gasteiger partial charge in [0, 0.05) is 37.9 Å². The summed E-state index contributed by atoms with van der Waals surface area (Å²) in [7, 11) is 2.09. The lowest BCUT2D eigenvalue weighted by atomic mass is 10.0. The van der Waals surface area contributed by atoms with Gasteiger partial charge in [-0.1, -0.05) is 12.1 Å². The summed E-state index contributed by atoms with van der Waals surface area (Å²) in [6, 6.07) is 11.7. The van der Waals surface area contributed by atoms with Crippen LogP contribution in [-0.4, -0.2) is 63.5 Å². The van der Waals surface area contributed by atoms with Gasteiger partial charge in [0.1, 0.15) is 6.33 Å². The lowest BCUT2D eigenvalue weighted by Gasteiger charge is -2.32. The number of pyridine rings is 1. The van der Waals surface area contributed by atoms with E-state index >= 15 is 0 Å². The number of aromatic nitrogens is 3. The molecule has 3 aromatic rings. The molecular formula is C18H19N5O. The highest BCUT2D eigenvalue weighted by atomic mass is 16.2. The Morgan fingerprint density at radius 3 is 2.71 bits per heavy atom. The van der Waals surface area contributed by atoms with Crippen LogP contribution in [0, 0.1) is 0 Å². The van der Waals surface area contributed by atoms with Gasteiger partial charge >= 0.3 is 0 Å². The summed E-state index contributed by atoms with van der Waals surface area (Å²) in [5.41, 5.74) is 3.60. The van der Waals surface area contributed by atoms with Gasteiger partial charge in [0.05, 0.1) is 0 Å². The second-order valence-corrected chi connectivity index (χ2v) is 6.19. The summed E-state index contributed by atoms with van der Waals surface area (Å²) in [6.45, 7) is 3.42. The second kappa shape index (κ2) is 6.05. The molecule has 1 amide bonds. The highest BCUT2D eigenvalue weighted by Crippen LogP contribution is 2.22. The molecule has 3 heterocycles. The molecule has 24 heavy (non-hydrogen) atoms. The summed E-state index contributed by atoms with van der Waals surface area (Å²) in [5, 5.41) is 7.91. The molecule has 2 aromatic heterocycles. The lowest BCUT2D eigenvalue weighted by Crippen LogP contribution is -2.47. The van der Waals surface area contributed by atoms with Crippen LogP contribution in [0.3, 0.4) is 0 Å². The fourth-order valence-corrected chi connectivity index (χ4v) is 3.02. The molecule has 6 nitrogen and oxygen atoms in total. The number of amides is 1. The topological polar surface area (TPSA) is 53.7 Å². The van der Waals surface area contributed by atoms with Crippen molar-refractivity contribution in [3.05, 3.63) is 54.5 Å². The molecule has 0 bridgehead atoms. The Morgan fingerprint density at radius 1 is 1.04 bits per heavy atom. The van der Waals surface area contributed by atoms with Crippen LogP contribution in [0.5, 0.6) is 0 Å². The molecule has 6 heteroatoms. The van der Waals surface area contributed by atoms with E-state index in [2.05, 4.69) is 22.1 Å². The van der Waals surface area contributed by atoms with E-state index < -0.39 is 0 Å². The maximum atomic E-state index is 12.7. The van der Waals surface area contributed by atoms with Crippen molar-refractivity contribution in [2.45, 2.75) is 0 Å². The molecule has 1 saturated heterocycles. The standard InChI is InChI=1S/C18H19N5O/c1-21-7-9-22(10-8-21)18(24)15-4-2-3-14(11-15)16-5-6-17-20-19-13-23(17)12-16/h2-6,11-13H,7-10H2,1H3. The monoisotopic (exact) mass is 321 g/mol. The zero-order valence-corrected chi connectivity index (χ0v) is 13.6. The van der Waals surface area contributed by atoms with E-state index in [-0.39, 0.29) is 5.91 Å². The van der Waals surface area contributed by atoms with E-state index in [0.717, 1.165) is 48.5 Å². The molecule has 1 aromatic carbocycles. The number of carbonyl (C=O) groups excluding carboxylic acids is 1. The van der Waals surface area contributed by atoms with Crippen molar-refractivity contribution >= 4 is 11.6 Å². The zero-order valence-electron chi connectivity index (χ0n) is 13.6. The third-order valence-electron chi connectivity index (χ3n) is 4.52. The normalized spacial score (nSPS) is 15.8. The summed E-state index contributed by atoms with van der Waals surface area (Å²) in [4.78, 5) is 16.9. The number of carbonyl (C=O) groups is 1. The van der Waals surface area contributed by atoms with Crippen LogP contribution >= 0.6 is 0 Å². The number of hydrogen-bond acceptors (Lipinski definition) is 4. The van der Waals surface area contributed by atoms with Gasteiger partial charge < -0.3 is 9.80 Å². The minimum atomic E-state index is 0.107. The van der Waals surface area contributed by atoms with Gasteiger partial charge in [0.25, 0.3) is 5.91 Å². The Hall–Kier alpha value is -2.73. The largest absolute Gasteiger partial charge is 0.336 e. The smallest absolute Gasteiger partial charge is 0.253 e. The first-order valence-electron chi connectivity index (χ1n) is 8.08. The van der Waals surface area contributed by atoms with Gasteiger partial charge in [-0.15, -0.1) is 10.2 Å². The molecule has 4 rings (SSSR count). The first-order chi connectivity index (χ1) is 11.7. The Labute approximate surface area is 140 Å². The van der Waals surface area contributed by atoms with Gasteiger partial charge in [-0.2, -0.15) is 0 Å². The van der Waals surface area contributed by atoms with E-state index in [4.69, 9.17) is 0 Å². The fourth-order valence-electron chi connectivity index (χ4n) is 3.02. The van der Waals surface area contributed by atoms with Crippen molar-refractivity contribution in [2.24, 2.45) is 0 Å². The Morgan fingerprint density at radius 2 is 1.88 bits per heavy atom. The van der Waals surface area contributed by atoms with Crippen molar-refractivity contribution in [1.82, 2.24) is 24.4 Å². The maximum Gasteiger partial charge on any atom is 0.253 e. The average molecular weight is 321 g/mol. The molecule has 1 aliphatic heterocycles. The quantitative estimate of drug-likeness (QED) is 0.722. The van der Waals surface area contributed by atoms with Crippen LogP contribution in [-0.2, 0) is 0 Å². The summed E-state index contributed by atoms with van der Waals surface area (Å²) >= 11 is 0. The molecule has 0 N–H and O–H groups in total. The Balaban J connectivity index is 1.62. The number of piperazine rings is 1. The SMILES string of the molecule is CN1CCN(C(=O)c2cccc(-c3ccc4nncn4c3)c2)CC1. The summed E-state index contributed by atoms with van der Waals surface area (Å²) in [6.07, 6.45) is 3.66. The van der Waals surface area contributed by atoms with Crippen molar-refractivity contribution in [3.8, 4) is 11.1 Å². The molecule has 0 saturated carbocycles. The van der Waals surface area contributed by atoms with E-state index in [1.165, 1.54) is 0 Å². The second-order valence-electron chi connectivity index (χ2n) is 6.19. The van der Waals surface area contributed by atoms with Gasteiger partial charge in [0.2, 0.25) is 0 Å². The van der Waals surface area contributed by atoms with Crippen molar-refractivity contribution < 1.29 is 4.79 Å². The van der Waals surface area contributed by atoms with Gasteiger partial charge in [-0.05, 0) is 42.4 Å². The van der Waals surface area contributed by atoms with Crippen molar-refractivity contribution in [2.75, 3.05) is 33.2 Å². The predicted octanol–water partition coefficient (Wildman–Crippen LogP) is 1.78. The molecule has 0 atom stereocenters. The molecule has 1 aliphatic rings. The molecule has 122 valence electrons. The van der Waals surface area contributed by atoms with E-state index in [1.807, 2.05) is 51.9 Å². The van der Waals surface area contributed by atoms with Crippen LogP contribution in [0.1, 0.15) is 10.4 Å². The average Bonchev–Trinajstić information content (AvgIpc) is 3.09. The van der Waals surface area contributed by atoms with Gasteiger partial charge in [-0.3, -0.25) is 9.20 Å². The molecule has 1 fully saturated rings. The maximum absolute atomic E-state index is 12.7. The van der Waals surface area contributed by atoms with Crippen LogP contribution in [0.2, 0.25) is 0 Å². The molecule has 0 spiro atoms. The highest BCUT2D eigenvalue weighted by Gasteiger charge is 2.20. The molecule has 0 radical (unpaired) electrons. The summed E-state index contributed by atoms with van der Waals surface area (Å²) < 4.78 is 1.88. The molecule has 0 aliphatic carbocycles. The van der Waals surface area contributed by atoms with Crippen LogP contribution in [0.25, 0.3) is 16.8 Å². The Bertz CT molecular complexity index is 880. The van der Waals surface area contributed by atoms with Crippen molar-refractivity contribution in [1.29, 1.82) is 0 Å². The first-order valence-corrected chi connectivity index (χ1v) is 8.08. The number of fused-ring (bicyclic) bond motifs is 1.